The molecule has 1 unspecified atom stereocenters. The van der Waals surface area contributed by atoms with Crippen molar-refractivity contribution >= 4 is 35.2 Å². The maximum absolute atomic E-state index is 12.9. The largest absolute Gasteiger partial charge is 0.355 e. The molecule has 0 fully saturated rings. The Balaban J connectivity index is 2.03. The molecule has 0 aromatic heterocycles. The van der Waals surface area contributed by atoms with E-state index in [4.69, 9.17) is 11.6 Å². The van der Waals surface area contributed by atoms with Crippen molar-refractivity contribution in [2.24, 2.45) is 0 Å². The van der Waals surface area contributed by atoms with Crippen LogP contribution in [0.1, 0.15) is 19.4 Å². The number of benzene rings is 2. The van der Waals surface area contributed by atoms with Crippen LogP contribution in [0.2, 0.25) is 5.02 Å². The molecule has 0 aliphatic rings. The third kappa shape index (κ3) is 6.92. The third-order valence-corrected chi connectivity index (χ3v) is 5.43. The summed E-state index contributed by atoms with van der Waals surface area (Å²) in [5.41, 5.74) is 1.14. The topological polar surface area (TPSA) is 49.4 Å². The van der Waals surface area contributed by atoms with Crippen LogP contribution in [0.4, 0.5) is 0 Å². The Kier molecular flexibility index (Phi) is 8.69. The SMILES string of the molecule is CCNC(=O)C(C)N(CCc1ccccc1)C(=O)CSc1ccc(Cl)cc1. The predicted octanol–water partition coefficient (Wildman–Crippen LogP) is 4.03. The third-order valence-electron chi connectivity index (χ3n) is 4.18. The second-order valence-electron chi connectivity index (χ2n) is 6.14. The maximum Gasteiger partial charge on any atom is 0.242 e. The van der Waals surface area contributed by atoms with Crippen LogP contribution in [-0.2, 0) is 16.0 Å². The number of hydrogen-bond donors (Lipinski definition) is 1. The summed E-state index contributed by atoms with van der Waals surface area (Å²) in [6.45, 7) is 4.70. The Morgan fingerprint density at radius 1 is 1.11 bits per heavy atom. The van der Waals surface area contributed by atoms with Crippen molar-refractivity contribution in [1.29, 1.82) is 0 Å². The number of carbonyl (C=O) groups excluding carboxylic acids is 2. The number of carbonyl (C=O) groups is 2. The van der Waals surface area contributed by atoms with Crippen LogP contribution < -0.4 is 5.32 Å². The van der Waals surface area contributed by atoms with Gasteiger partial charge in [-0.05, 0) is 50.1 Å². The van der Waals surface area contributed by atoms with Gasteiger partial charge < -0.3 is 10.2 Å². The number of thioether (sulfide) groups is 1. The zero-order valence-electron chi connectivity index (χ0n) is 15.7. The molecule has 2 aromatic carbocycles. The van der Waals surface area contributed by atoms with Gasteiger partial charge in [0.2, 0.25) is 11.8 Å². The minimum atomic E-state index is -0.507. The van der Waals surface area contributed by atoms with E-state index in [9.17, 15) is 9.59 Å². The minimum Gasteiger partial charge on any atom is -0.355 e. The molecular weight excluding hydrogens is 380 g/mol. The summed E-state index contributed by atoms with van der Waals surface area (Å²) in [5.74, 6) is 0.0974. The van der Waals surface area contributed by atoms with E-state index in [2.05, 4.69) is 5.32 Å². The fourth-order valence-corrected chi connectivity index (χ4v) is 3.56. The van der Waals surface area contributed by atoms with E-state index in [1.165, 1.54) is 11.8 Å². The van der Waals surface area contributed by atoms with Crippen molar-refractivity contribution in [3.05, 3.63) is 65.2 Å². The van der Waals surface area contributed by atoms with E-state index in [1.54, 1.807) is 24.0 Å². The normalized spacial score (nSPS) is 11.7. The Morgan fingerprint density at radius 3 is 2.41 bits per heavy atom. The number of nitrogens with one attached hydrogen (secondary N) is 1. The molecule has 144 valence electrons. The van der Waals surface area contributed by atoms with Gasteiger partial charge in [0.25, 0.3) is 0 Å². The highest BCUT2D eigenvalue weighted by Crippen LogP contribution is 2.21. The minimum absolute atomic E-state index is 0.0513. The van der Waals surface area contributed by atoms with Gasteiger partial charge >= 0.3 is 0 Å². The number of rotatable bonds is 9. The van der Waals surface area contributed by atoms with Gasteiger partial charge in [0.05, 0.1) is 5.75 Å². The molecule has 0 aliphatic carbocycles. The first-order valence-electron chi connectivity index (χ1n) is 9.00. The average molecular weight is 405 g/mol. The molecule has 0 heterocycles. The lowest BCUT2D eigenvalue weighted by atomic mass is 10.1. The zero-order chi connectivity index (χ0) is 19.6. The quantitative estimate of drug-likeness (QED) is 0.642. The van der Waals surface area contributed by atoms with Gasteiger partial charge in [-0.3, -0.25) is 9.59 Å². The summed E-state index contributed by atoms with van der Waals surface area (Å²) >= 11 is 7.35. The number of hydrogen-bond acceptors (Lipinski definition) is 3. The van der Waals surface area contributed by atoms with Gasteiger partial charge in [0.1, 0.15) is 6.04 Å². The summed E-state index contributed by atoms with van der Waals surface area (Å²) < 4.78 is 0. The molecule has 0 saturated carbocycles. The van der Waals surface area contributed by atoms with Crippen LogP contribution in [0.15, 0.2) is 59.5 Å². The van der Waals surface area contributed by atoms with E-state index in [-0.39, 0.29) is 17.6 Å². The molecule has 2 rings (SSSR count). The molecule has 0 bridgehead atoms. The molecule has 0 aliphatic heterocycles. The standard InChI is InChI=1S/C21H25ClN2O2S/c1-3-23-21(26)16(2)24(14-13-17-7-5-4-6-8-17)20(25)15-27-19-11-9-18(22)10-12-19/h4-12,16H,3,13-15H2,1-2H3,(H,23,26). The van der Waals surface area contributed by atoms with Gasteiger partial charge in [-0.2, -0.15) is 0 Å². The van der Waals surface area contributed by atoms with Crippen LogP contribution in [-0.4, -0.2) is 41.6 Å². The first-order valence-corrected chi connectivity index (χ1v) is 10.4. The lowest BCUT2D eigenvalue weighted by Gasteiger charge is -2.28. The fourth-order valence-electron chi connectivity index (χ4n) is 2.65. The maximum atomic E-state index is 12.9. The molecule has 0 radical (unpaired) electrons. The average Bonchev–Trinajstić information content (AvgIpc) is 2.68. The molecule has 2 aromatic rings. The van der Waals surface area contributed by atoms with Crippen molar-refractivity contribution in [3.8, 4) is 0 Å². The summed E-state index contributed by atoms with van der Waals surface area (Å²) in [4.78, 5) is 27.8. The monoisotopic (exact) mass is 404 g/mol. The van der Waals surface area contributed by atoms with Crippen molar-refractivity contribution in [3.63, 3.8) is 0 Å². The summed E-state index contributed by atoms with van der Waals surface area (Å²) in [6, 6.07) is 16.9. The Bertz CT molecular complexity index is 738. The number of nitrogens with zero attached hydrogens (tertiary/aromatic N) is 1. The lowest BCUT2D eigenvalue weighted by molar-refractivity contribution is -0.137. The van der Waals surface area contributed by atoms with Crippen molar-refractivity contribution in [2.45, 2.75) is 31.2 Å². The highest BCUT2D eigenvalue weighted by atomic mass is 35.5. The number of halogens is 1. The smallest absolute Gasteiger partial charge is 0.242 e. The van der Waals surface area contributed by atoms with Crippen LogP contribution in [0, 0.1) is 0 Å². The fraction of sp³-hybridized carbons (Fsp3) is 0.333. The van der Waals surface area contributed by atoms with Gasteiger partial charge in [-0.25, -0.2) is 0 Å². The van der Waals surface area contributed by atoms with Crippen molar-refractivity contribution in [1.82, 2.24) is 10.2 Å². The molecule has 2 amide bonds. The van der Waals surface area contributed by atoms with Crippen molar-refractivity contribution < 1.29 is 9.59 Å². The first-order chi connectivity index (χ1) is 13.0. The van der Waals surface area contributed by atoms with Crippen LogP contribution >= 0.6 is 23.4 Å². The molecule has 0 saturated heterocycles. The van der Waals surface area contributed by atoms with Crippen LogP contribution in [0.25, 0.3) is 0 Å². The number of likely N-dealkylation sites (N-methyl/N-ethyl adjacent to an activating group) is 1. The van der Waals surface area contributed by atoms with Crippen LogP contribution in [0.3, 0.4) is 0 Å². The summed E-state index contributed by atoms with van der Waals surface area (Å²) in [7, 11) is 0. The first kappa shape index (κ1) is 21.3. The molecule has 6 heteroatoms. The predicted molar refractivity (Wildman–Crippen MR) is 112 cm³/mol. The summed E-state index contributed by atoms with van der Waals surface area (Å²) in [6.07, 6.45) is 0.710. The van der Waals surface area contributed by atoms with E-state index in [1.807, 2.05) is 49.4 Å². The summed E-state index contributed by atoms with van der Waals surface area (Å²) in [5, 5.41) is 3.47. The molecule has 1 atom stereocenters. The highest BCUT2D eigenvalue weighted by molar-refractivity contribution is 8.00. The number of amides is 2. The molecule has 1 N–H and O–H groups in total. The second-order valence-corrected chi connectivity index (χ2v) is 7.62. The zero-order valence-corrected chi connectivity index (χ0v) is 17.2. The van der Waals surface area contributed by atoms with E-state index in [0.29, 0.717) is 24.5 Å². The molecule has 0 spiro atoms. The molecular formula is C21H25ClN2O2S. The van der Waals surface area contributed by atoms with Gasteiger partial charge in [-0.1, -0.05) is 41.9 Å². The highest BCUT2D eigenvalue weighted by Gasteiger charge is 2.25. The Morgan fingerprint density at radius 2 is 1.78 bits per heavy atom. The molecule has 27 heavy (non-hydrogen) atoms. The van der Waals surface area contributed by atoms with Gasteiger partial charge in [0.15, 0.2) is 0 Å². The van der Waals surface area contributed by atoms with E-state index in [0.717, 1.165) is 10.5 Å². The Labute approximate surface area is 170 Å². The Hall–Kier alpha value is -1.98. The molecule has 4 nitrogen and oxygen atoms in total. The van der Waals surface area contributed by atoms with Crippen molar-refractivity contribution in [2.75, 3.05) is 18.8 Å². The van der Waals surface area contributed by atoms with Crippen LogP contribution in [0.5, 0.6) is 0 Å². The van der Waals surface area contributed by atoms with E-state index >= 15 is 0 Å². The lowest BCUT2D eigenvalue weighted by Crippen LogP contribution is -2.49. The van der Waals surface area contributed by atoms with Gasteiger partial charge in [0, 0.05) is 23.0 Å². The van der Waals surface area contributed by atoms with E-state index < -0.39 is 6.04 Å². The second kappa shape index (κ2) is 11.0. The van der Waals surface area contributed by atoms with Gasteiger partial charge in [-0.15, -0.1) is 11.8 Å².